The Balaban J connectivity index is 1.75. The summed E-state index contributed by atoms with van der Waals surface area (Å²) in [7, 11) is 0. The second-order valence-electron chi connectivity index (χ2n) is 5.39. The zero-order chi connectivity index (χ0) is 16.7. The van der Waals surface area contributed by atoms with Gasteiger partial charge in [-0.05, 0) is 25.3 Å². The van der Waals surface area contributed by atoms with Gasteiger partial charge in [-0.3, -0.25) is 14.8 Å². The van der Waals surface area contributed by atoms with Gasteiger partial charge in [0, 0.05) is 18.3 Å². The van der Waals surface area contributed by atoms with Crippen molar-refractivity contribution in [2.75, 3.05) is 5.32 Å². The summed E-state index contributed by atoms with van der Waals surface area (Å²) in [6.45, 7) is 1.94. The quantitative estimate of drug-likeness (QED) is 0.721. The number of nitrogens with two attached hydrogens (primary N) is 1. The lowest BCUT2D eigenvalue weighted by Crippen LogP contribution is -2.36. The first-order valence-corrected chi connectivity index (χ1v) is 7.46. The van der Waals surface area contributed by atoms with Crippen LogP contribution in [0.15, 0.2) is 42.6 Å². The van der Waals surface area contributed by atoms with Crippen molar-refractivity contribution in [3.63, 3.8) is 0 Å². The number of amides is 3. The van der Waals surface area contributed by atoms with Gasteiger partial charge in [-0.25, -0.2) is 4.79 Å². The SMILES string of the molecule is CC(CCc1ccccc1)NC(=O)Nc1ccn(CC(N)=O)n1. The molecule has 1 atom stereocenters. The van der Waals surface area contributed by atoms with Crippen LogP contribution < -0.4 is 16.4 Å². The zero-order valence-electron chi connectivity index (χ0n) is 13.0. The molecule has 7 nitrogen and oxygen atoms in total. The average molecular weight is 315 g/mol. The maximum absolute atomic E-state index is 11.9. The number of hydrogen-bond donors (Lipinski definition) is 3. The van der Waals surface area contributed by atoms with Crippen molar-refractivity contribution in [2.24, 2.45) is 5.73 Å². The fourth-order valence-corrected chi connectivity index (χ4v) is 2.15. The van der Waals surface area contributed by atoms with Gasteiger partial charge >= 0.3 is 6.03 Å². The van der Waals surface area contributed by atoms with E-state index in [1.807, 2.05) is 25.1 Å². The van der Waals surface area contributed by atoms with Gasteiger partial charge in [0.15, 0.2) is 5.82 Å². The Kier molecular flexibility index (Phi) is 5.74. The molecule has 23 heavy (non-hydrogen) atoms. The summed E-state index contributed by atoms with van der Waals surface area (Å²) in [5.74, 6) is -0.113. The summed E-state index contributed by atoms with van der Waals surface area (Å²) in [6, 6.07) is 11.4. The summed E-state index contributed by atoms with van der Waals surface area (Å²) in [5, 5.41) is 9.52. The summed E-state index contributed by atoms with van der Waals surface area (Å²) >= 11 is 0. The highest BCUT2D eigenvalue weighted by molar-refractivity contribution is 5.88. The Morgan fingerprint density at radius 1 is 1.26 bits per heavy atom. The molecule has 1 aromatic carbocycles. The highest BCUT2D eigenvalue weighted by atomic mass is 16.2. The molecule has 1 heterocycles. The molecule has 0 spiro atoms. The molecular weight excluding hydrogens is 294 g/mol. The highest BCUT2D eigenvalue weighted by Gasteiger charge is 2.09. The number of anilines is 1. The smallest absolute Gasteiger partial charge is 0.320 e. The van der Waals surface area contributed by atoms with Gasteiger partial charge in [0.2, 0.25) is 5.91 Å². The van der Waals surface area contributed by atoms with E-state index >= 15 is 0 Å². The molecule has 0 aliphatic rings. The van der Waals surface area contributed by atoms with Gasteiger partial charge in [0.1, 0.15) is 6.54 Å². The second-order valence-corrected chi connectivity index (χ2v) is 5.39. The van der Waals surface area contributed by atoms with E-state index in [1.165, 1.54) is 10.2 Å². The molecule has 0 saturated heterocycles. The number of carbonyl (C=O) groups excluding carboxylic acids is 2. The molecule has 2 rings (SSSR count). The van der Waals surface area contributed by atoms with Crippen LogP contribution in [0.1, 0.15) is 18.9 Å². The van der Waals surface area contributed by atoms with Crippen molar-refractivity contribution in [1.29, 1.82) is 0 Å². The van der Waals surface area contributed by atoms with E-state index in [4.69, 9.17) is 5.73 Å². The Hall–Kier alpha value is -2.83. The van der Waals surface area contributed by atoms with Crippen LogP contribution in [0.25, 0.3) is 0 Å². The largest absolute Gasteiger partial charge is 0.368 e. The lowest BCUT2D eigenvalue weighted by molar-refractivity contribution is -0.118. The lowest BCUT2D eigenvalue weighted by atomic mass is 10.1. The first kappa shape index (κ1) is 16.5. The molecule has 0 aliphatic carbocycles. The number of primary amides is 1. The van der Waals surface area contributed by atoms with Gasteiger partial charge in [0.05, 0.1) is 0 Å². The molecule has 0 saturated carbocycles. The number of hydrogen-bond acceptors (Lipinski definition) is 3. The lowest BCUT2D eigenvalue weighted by Gasteiger charge is -2.13. The minimum Gasteiger partial charge on any atom is -0.368 e. The van der Waals surface area contributed by atoms with E-state index in [0.29, 0.717) is 5.82 Å². The standard InChI is InChI=1S/C16H21N5O2/c1-12(7-8-13-5-3-2-4-6-13)18-16(23)19-15-9-10-21(20-15)11-14(17)22/h2-6,9-10,12H,7-8,11H2,1H3,(H2,17,22)(H2,18,19,20,23). The Bertz CT molecular complexity index is 654. The number of rotatable bonds is 7. The van der Waals surface area contributed by atoms with Crippen molar-refractivity contribution < 1.29 is 9.59 Å². The number of carbonyl (C=O) groups is 2. The zero-order valence-corrected chi connectivity index (χ0v) is 13.0. The van der Waals surface area contributed by atoms with Gasteiger partial charge in [-0.2, -0.15) is 5.10 Å². The van der Waals surface area contributed by atoms with Gasteiger partial charge in [-0.1, -0.05) is 30.3 Å². The normalized spacial score (nSPS) is 11.7. The third-order valence-electron chi connectivity index (χ3n) is 3.29. The Morgan fingerprint density at radius 2 is 2.00 bits per heavy atom. The van der Waals surface area contributed by atoms with Crippen molar-refractivity contribution in [2.45, 2.75) is 32.4 Å². The van der Waals surface area contributed by atoms with Crippen LogP contribution in [-0.2, 0) is 17.8 Å². The van der Waals surface area contributed by atoms with Crippen LogP contribution in [0, 0.1) is 0 Å². The van der Waals surface area contributed by atoms with Crippen LogP contribution in [-0.4, -0.2) is 27.8 Å². The predicted molar refractivity (Wildman–Crippen MR) is 87.8 cm³/mol. The molecule has 1 unspecified atom stereocenters. The average Bonchev–Trinajstić information content (AvgIpc) is 2.92. The van der Waals surface area contributed by atoms with Crippen LogP contribution in [0.3, 0.4) is 0 Å². The topological polar surface area (TPSA) is 102 Å². The molecule has 3 amide bonds. The van der Waals surface area contributed by atoms with Gasteiger partial charge in [-0.15, -0.1) is 0 Å². The van der Waals surface area contributed by atoms with Crippen molar-refractivity contribution in [3.05, 3.63) is 48.2 Å². The maximum atomic E-state index is 11.9. The van der Waals surface area contributed by atoms with Crippen LogP contribution in [0.4, 0.5) is 10.6 Å². The fourth-order valence-electron chi connectivity index (χ4n) is 2.15. The summed E-state index contributed by atoms with van der Waals surface area (Å²) in [6.07, 6.45) is 3.32. The third kappa shape index (κ3) is 5.82. The molecule has 0 radical (unpaired) electrons. The minimum absolute atomic E-state index is 0.0171. The number of aromatic nitrogens is 2. The molecular formula is C16H21N5O2. The van der Waals surface area contributed by atoms with E-state index in [9.17, 15) is 9.59 Å². The first-order valence-electron chi connectivity index (χ1n) is 7.46. The molecule has 0 fully saturated rings. The summed E-state index contributed by atoms with van der Waals surface area (Å²) in [4.78, 5) is 22.7. The van der Waals surface area contributed by atoms with E-state index in [1.54, 1.807) is 12.3 Å². The minimum atomic E-state index is -0.487. The Labute approximate surface area is 134 Å². The predicted octanol–water partition coefficient (Wildman–Crippen LogP) is 1.51. The highest BCUT2D eigenvalue weighted by Crippen LogP contribution is 2.06. The summed E-state index contributed by atoms with van der Waals surface area (Å²) < 4.78 is 1.37. The van der Waals surface area contributed by atoms with E-state index < -0.39 is 5.91 Å². The number of aryl methyl sites for hydroxylation is 1. The molecule has 0 aliphatic heterocycles. The van der Waals surface area contributed by atoms with Crippen molar-refractivity contribution >= 4 is 17.8 Å². The molecule has 0 bridgehead atoms. The van der Waals surface area contributed by atoms with Crippen LogP contribution in [0.2, 0.25) is 0 Å². The number of benzene rings is 1. The van der Waals surface area contributed by atoms with Crippen LogP contribution in [0.5, 0.6) is 0 Å². The molecule has 4 N–H and O–H groups in total. The molecule has 2 aromatic rings. The van der Waals surface area contributed by atoms with Crippen molar-refractivity contribution in [3.8, 4) is 0 Å². The first-order chi connectivity index (χ1) is 11.0. The molecule has 1 aromatic heterocycles. The fraction of sp³-hybridized carbons (Fsp3) is 0.312. The third-order valence-corrected chi connectivity index (χ3v) is 3.29. The van der Waals surface area contributed by atoms with Crippen LogP contribution >= 0.6 is 0 Å². The van der Waals surface area contributed by atoms with E-state index in [-0.39, 0.29) is 18.6 Å². The number of nitrogens with zero attached hydrogens (tertiary/aromatic N) is 2. The molecule has 7 heteroatoms. The van der Waals surface area contributed by atoms with Crippen molar-refractivity contribution in [1.82, 2.24) is 15.1 Å². The van der Waals surface area contributed by atoms with Gasteiger partial charge < -0.3 is 11.1 Å². The summed E-state index contributed by atoms with van der Waals surface area (Å²) in [5.41, 5.74) is 6.33. The number of urea groups is 1. The second kappa shape index (κ2) is 7.98. The monoisotopic (exact) mass is 315 g/mol. The van der Waals surface area contributed by atoms with E-state index in [2.05, 4.69) is 27.9 Å². The number of nitrogens with one attached hydrogen (secondary N) is 2. The van der Waals surface area contributed by atoms with Gasteiger partial charge in [0.25, 0.3) is 0 Å². The van der Waals surface area contributed by atoms with E-state index in [0.717, 1.165) is 12.8 Å². The maximum Gasteiger partial charge on any atom is 0.320 e. The molecule has 122 valence electrons. The Morgan fingerprint density at radius 3 is 2.70 bits per heavy atom.